The van der Waals surface area contributed by atoms with Crippen LogP contribution in [0.3, 0.4) is 0 Å². The fraction of sp³-hybridized carbons (Fsp3) is 0.176. The molecule has 0 radical (unpaired) electrons. The lowest BCUT2D eigenvalue weighted by Crippen LogP contribution is -2.15. The Morgan fingerprint density at radius 1 is 0.952 bits per heavy atom. The first-order valence-electron chi connectivity index (χ1n) is 6.90. The zero-order valence-corrected chi connectivity index (χ0v) is 11.7. The molecular weight excluding hydrogens is 266 g/mol. The van der Waals surface area contributed by atoms with Crippen molar-refractivity contribution in [2.45, 2.75) is 0 Å². The van der Waals surface area contributed by atoms with Gasteiger partial charge in [0.2, 0.25) is 0 Å². The van der Waals surface area contributed by atoms with Gasteiger partial charge in [-0.1, -0.05) is 0 Å². The highest BCUT2D eigenvalue weighted by Crippen LogP contribution is 2.35. The Balaban J connectivity index is 1.78. The number of fused-ring (bicyclic) bond motifs is 2. The van der Waals surface area contributed by atoms with E-state index in [2.05, 4.69) is 11.1 Å². The highest BCUT2D eigenvalue weighted by Gasteiger charge is 2.13. The van der Waals surface area contributed by atoms with E-state index in [1.165, 1.54) is 0 Å². The molecule has 0 spiro atoms. The van der Waals surface area contributed by atoms with Crippen LogP contribution in [0.25, 0.3) is 22.2 Å². The van der Waals surface area contributed by atoms with Gasteiger partial charge in [-0.3, -0.25) is 0 Å². The molecule has 2 aromatic carbocycles. The molecule has 0 aliphatic carbocycles. The minimum Gasteiger partial charge on any atom is -0.497 e. The largest absolute Gasteiger partial charge is 0.497 e. The summed E-state index contributed by atoms with van der Waals surface area (Å²) in [5.41, 5.74) is 3.21. The number of hydrogen-bond donors (Lipinski definition) is 1. The van der Waals surface area contributed by atoms with E-state index in [-0.39, 0.29) is 0 Å². The Bertz CT molecular complexity index is 807. The average Bonchev–Trinajstić information content (AvgIpc) is 2.97. The lowest BCUT2D eigenvalue weighted by atomic mass is 10.1. The minimum absolute atomic E-state index is 0.598. The maximum atomic E-state index is 5.64. The van der Waals surface area contributed by atoms with E-state index < -0.39 is 0 Å². The number of aromatic nitrogens is 1. The summed E-state index contributed by atoms with van der Waals surface area (Å²) in [5.74, 6) is 2.47. The van der Waals surface area contributed by atoms with Crippen molar-refractivity contribution in [1.29, 1.82) is 0 Å². The average molecular weight is 281 g/mol. The third kappa shape index (κ3) is 2.09. The van der Waals surface area contributed by atoms with E-state index in [1.54, 1.807) is 7.11 Å². The first kappa shape index (κ1) is 12.1. The zero-order valence-electron chi connectivity index (χ0n) is 11.7. The summed E-state index contributed by atoms with van der Waals surface area (Å²) in [4.78, 5) is 3.42. The maximum absolute atomic E-state index is 5.64. The summed E-state index contributed by atoms with van der Waals surface area (Å²) >= 11 is 0. The van der Waals surface area contributed by atoms with Crippen LogP contribution in [0.15, 0.2) is 42.5 Å². The molecule has 0 unspecified atom stereocenters. The van der Waals surface area contributed by atoms with Crippen molar-refractivity contribution < 1.29 is 14.2 Å². The zero-order chi connectivity index (χ0) is 14.2. The van der Waals surface area contributed by atoms with Gasteiger partial charge in [0.15, 0.2) is 11.5 Å². The second-order valence-electron chi connectivity index (χ2n) is 4.99. The molecule has 1 aromatic heterocycles. The number of ether oxygens (including phenoxy) is 3. The summed E-state index contributed by atoms with van der Waals surface area (Å²) in [6, 6.07) is 14.1. The van der Waals surface area contributed by atoms with Crippen molar-refractivity contribution >= 4 is 10.9 Å². The second kappa shape index (κ2) is 4.74. The second-order valence-corrected chi connectivity index (χ2v) is 4.99. The standard InChI is InChI=1S/C17H15NO3/c1-19-13-3-4-14-12(8-13)9-15(18-14)11-2-5-16-17(10-11)21-7-6-20-16/h2-5,8-10,18H,6-7H2,1H3. The van der Waals surface area contributed by atoms with E-state index in [9.17, 15) is 0 Å². The molecule has 4 nitrogen and oxygen atoms in total. The number of benzene rings is 2. The van der Waals surface area contributed by atoms with Crippen LogP contribution in [-0.4, -0.2) is 25.3 Å². The van der Waals surface area contributed by atoms with Crippen LogP contribution < -0.4 is 14.2 Å². The number of H-pyrrole nitrogens is 1. The van der Waals surface area contributed by atoms with Crippen LogP contribution in [0.5, 0.6) is 17.2 Å². The van der Waals surface area contributed by atoms with Crippen molar-refractivity contribution in [3.63, 3.8) is 0 Å². The lowest BCUT2D eigenvalue weighted by molar-refractivity contribution is 0.171. The summed E-state index contributed by atoms with van der Waals surface area (Å²) in [7, 11) is 1.68. The van der Waals surface area contributed by atoms with Gasteiger partial charge in [-0.2, -0.15) is 0 Å². The predicted molar refractivity (Wildman–Crippen MR) is 81.3 cm³/mol. The molecule has 3 aromatic rings. The summed E-state index contributed by atoms with van der Waals surface area (Å²) in [6.45, 7) is 1.21. The van der Waals surface area contributed by atoms with Gasteiger partial charge in [0, 0.05) is 22.2 Å². The van der Waals surface area contributed by atoms with Gasteiger partial charge < -0.3 is 19.2 Å². The molecular formula is C17H15NO3. The van der Waals surface area contributed by atoms with Crippen molar-refractivity contribution in [2.24, 2.45) is 0 Å². The quantitative estimate of drug-likeness (QED) is 0.780. The molecule has 4 heteroatoms. The Morgan fingerprint density at radius 3 is 2.67 bits per heavy atom. The van der Waals surface area contributed by atoms with Crippen molar-refractivity contribution in [3.05, 3.63) is 42.5 Å². The van der Waals surface area contributed by atoms with Crippen LogP contribution >= 0.6 is 0 Å². The van der Waals surface area contributed by atoms with E-state index in [4.69, 9.17) is 14.2 Å². The van der Waals surface area contributed by atoms with Crippen LogP contribution in [0, 0.1) is 0 Å². The van der Waals surface area contributed by atoms with Gasteiger partial charge in [-0.25, -0.2) is 0 Å². The van der Waals surface area contributed by atoms with Gasteiger partial charge >= 0.3 is 0 Å². The fourth-order valence-electron chi connectivity index (χ4n) is 2.60. The van der Waals surface area contributed by atoms with Crippen molar-refractivity contribution in [1.82, 2.24) is 4.98 Å². The molecule has 0 atom stereocenters. The van der Waals surface area contributed by atoms with Gasteiger partial charge in [-0.15, -0.1) is 0 Å². The van der Waals surface area contributed by atoms with Gasteiger partial charge in [-0.05, 0) is 42.5 Å². The van der Waals surface area contributed by atoms with E-state index in [0.717, 1.165) is 39.4 Å². The number of aromatic amines is 1. The molecule has 106 valence electrons. The number of methoxy groups -OCH3 is 1. The molecule has 1 aliphatic heterocycles. The SMILES string of the molecule is COc1ccc2[nH]c(-c3ccc4c(c3)OCCO4)cc2c1. The lowest BCUT2D eigenvalue weighted by Gasteiger charge is -2.18. The monoisotopic (exact) mass is 281 g/mol. The van der Waals surface area contributed by atoms with Crippen LogP contribution in [0.4, 0.5) is 0 Å². The minimum atomic E-state index is 0.598. The molecule has 0 saturated heterocycles. The van der Waals surface area contributed by atoms with E-state index in [0.29, 0.717) is 13.2 Å². The Hall–Kier alpha value is -2.62. The van der Waals surface area contributed by atoms with Crippen LogP contribution in [-0.2, 0) is 0 Å². The van der Waals surface area contributed by atoms with Gasteiger partial charge in [0.1, 0.15) is 19.0 Å². The molecule has 2 heterocycles. The first-order chi connectivity index (χ1) is 10.3. The van der Waals surface area contributed by atoms with Crippen molar-refractivity contribution in [3.8, 4) is 28.5 Å². The molecule has 1 N–H and O–H groups in total. The molecule has 0 saturated carbocycles. The Kier molecular flexibility index (Phi) is 2.74. The maximum Gasteiger partial charge on any atom is 0.162 e. The highest BCUT2D eigenvalue weighted by atomic mass is 16.6. The highest BCUT2D eigenvalue weighted by molar-refractivity contribution is 5.87. The Morgan fingerprint density at radius 2 is 1.81 bits per heavy atom. The number of hydrogen-bond acceptors (Lipinski definition) is 3. The molecule has 0 bridgehead atoms. The predicted octanol–water partition coefficient (Wildman–Crippen LogP) is 3.61. The molecule has 21 heavy (non-hydrogen) atoms. The fourth-order valence-corrected chi connectivity index (χ4v) is 2.60. The van der Waals surface area contributed by atoms with E-state index in [1.807, 2.05) is 36.4 Å². The molecule has 1 aliphatic rings. The number of nitrogens with one attached hydrogen (secondary N) is 1. The summed E-state index contributed by atoms with van der Waals surface area (Å²) in [6.07, 6.45) is 0. The van der Waals surface area contributed by atoms with Crippen molar-refractivity contribution in [2.75, 3.05) is 20.3 Å². The summed E-state index contributed by atoms with van der Waals surface area (Å²) < 4.78 is 16.5. The summed E-state index contributed by atoms with van der Waals surface area (Å²) in [5, 5.41) is 1.12. The first-order valence-corrected chi connectivity index (χ1v) is 6.90. The van der Waals surface area contributed by atoms with Crippen LogP contribution in [0.1, 0.15) is 0 Å². The molecule has 0 fully saturated rings. The third-order valence-corrected chi connectivity index (χ3v) is 3.68. The third-order valence-electron chi connectivity index (χ3n) is 3.68. The Labute approximate surface area is 122 Å². The topological polar surface area (TPSA) is 43.5 Å². The van der Waals surface area contributed by atoms with E-state index >= 15 is 0 Å². The smallest absolute Gasteiger partial charge is 0.162 e. The van der Waals surface area contributed by atoms with Gasteiger partial charge in [0.25, 0.3) is 0 Å². The molecule has 0 amide bonds. The van der Waals surface area contributed by atoms with Gasteiger partial charge in [0.05, 0.1) is 7.11 Å². The van der Waals surface area contributed by atoms with Crippen LogP contribution in [0.2, 0.25) is 0 Å². The number of rotatable bonds is 2. The normalized spacial score (nSPS) is 13.4. The molecule has 4 rings (SSSR count).